The maximum atomic E-state index is 4.75. The molecule has 1 aliphatic heterocycles. The van der Waals surface area contributed by atoms with Crippen molar-refractivity contribution in [2.45, 2.75) is 40.0 Å². The Bertz CT molecular complexity index is 464. The Morgan fingerprint density at radius 1 is 1.25 bits per heavy atom. The SMILES string of the molecule is CCC1(CC)CN=C(NCCc2ccccc2C)SC1. The minimum absolute atomic E-state index is 0.436. The van der Waals surface area contributed by atoms with Gasteiger partial charge in [-0.1, -0.05) is 49.9 Å². The zero-order valence-corrected chi connectivity index (χ0v) is 13.7. The highest BCUT2D eigenvalue weighted by Crippen LogP contribution is 2.34. The fraction of sp³-hybridized carbons (Fsp3) is 0.588. The van der Waals surface area contributed by atoms with Crippen molar-refractivity contribution < 1.29 is 0 Å². The molecule has 0 radical (unpaired) electrons. The molecule has 0 atom stereocenters. The second kappa shape index (κ2) is 7.16. The number of hydrogen-bond acceptors (Lipinski definition) is 3. The Balaban J connectivity index is 1.81. The van der Waals surface area contributed by atoms with E-state index in [1.54, 1.807) is 0 Å². The van der Waals surface area contributed by atoms with Crippen LogP contribution in [-0.4, -0.2) is 24.0 Å². The highest BCUT2D eigenvalue weighted by molar-refractivity contribution is 8.13. The maximum Gasteiger partial charge on any atom is 0.156 e. The largest absolute Gasteiger partial charge is 0.365 e. The Hall–Kier alpha value is -0.960. The van der Waals surface area contributed by atoms with E-state index in [0.717, 1.165) is 24.7 Å². The summed E-state index contributed by atoms with van der Waals surface area (Å²) in [6.07, 6.45) is 3.53. The van der Waals surface area contributed by atoms with E-state index in [-0.39, 0.29) is 0 Å². The third-order valence-electron chi connectivity index (χ3n) is 4.50. The van der Waals surface area contributed by atoms with Gasteiger partial charge in [0.15, 0.2) is 5.17 Å². The predicted molar refractivity (Wildman–Crippen MR) is 90.7 cm³/mol. The number of nitrogens with zero attached hydrogens (tertiary/aromatic N) is 1. The summed E-state index contributed by atoms with van der Waals surface area (Å²) < 4.78 is 0. The van der Waals surface area contributed by atoms with Gasteiger partial charge in [-0.05, 0) is 42.7 Å². The zero-order chi connectivity index (χ0) is 14.4. The summed E-state index contributed by atoms with van der Waals surface area (Å²) in [5.74, 6) is 1.20. The van der Waals surface area contributed by atoms with Crippen molar-refractivity contribution in [2.75, 3.05) is 18.8 Å². The van der Waals surface area contributed by atoms with E-state index in [2.05, 4.69) is 50.4 Å². The predicted octanol–water partition coefficient (Wildman–Crippen LogP) is 4.04. The van der Waals surface area contributed by atoms with E-state index in [9.17, 15) is 0 Å². The Kier molecular flexibility index (Phi) is 5.53. The van der Waals surface area contributed by atoms with E-state index in [4.69, 9.17) is 4.99 Å². The molecule has 1 N–H and O–H groups in total. The number of benzene rings is 1. The molecule has 0 unspecified atom stereocenters. The number of aryl methyl sites for hydroxylation is 1. The minimum atomic E-state index is 0.436. The second-order valence-electron chi connectivity index (χ2n) is 5.72. The van der Waals surface area contributed by atoms with Gasteiger partial charge in [0.1, 0.15) is 0 Å². The van der Waals surface area contributed by atoms with Gasteiger partial charge in [0.2, 0.25) is 0 Å². The fourth-order valence-corrected chi connectivity index (χ4v) is 3.83. The molecule has 1 aliphatic rings. The molecule has 2 rings (SSSR count). The van der Waals surface area contributed by atoms with E-state index in [1.165, 1.54) is 29.7 Å². The molecule has 0 aliphatic carbocycles. The van der Waals surface area contributed by atoms with Gasteiger partial charge in [-0.25, -0.2) is 0 Å². The number of aliphatic imine (C=N–C) groups is 1. The highest BCUT2D eigenvalue weighted by atomic mass is 32.2. The Morgan fingerprint density at radius 3 is 2.60 bits per heavy atom. The number of amidine groups is 1. The molecule has 0 spiro atoms. The van der Waals surface area contributed by atoms with Gasteiger partial charge in [-0.2, -0.15) is 0 Å². The topological polar surface area (TPSA) is 24.4 Å². The van der Waals surface area contributed by atoms with Crippen LogP contribution in [0.3, 0.4) is 0 Å². The molecule has 0 amide bonds. The van der Waals surface area contributed by atoms with Gasteiger partial charge < -0.3 is 5.32 Å². The van der Waals surface area contributed by atoms with Crippen LogP contribution in [-0.2, 0) is 6.42 Å². The van der Waals surface area contributed by atoms with Crippen LogP contribution in [0.1, 0.15) is 37.8 Å². The van der Waals surface area contributed by atoms with Gasteiger partial charge in [-0.15, -0.1) is 0 Å². The standard InChI is InChI=1S/C17H26N2S/c1-4-17(5-2)12-19-16(20-13-17)18-11-10-15-9-7-6-8-14(15)3/h6-9H,4-5,10-13H2,1-3H3,(H,18,19). The van der Waals surface area contributed by atoms with Crippen LogP contribution in [0.2, 0.25) is 0 Å². The van der Waals surface area contributed by atoms with E-state index in [0.29, 0.717) is 5.41 Å². The van der Waals surface area contributed by atoms with Gasteiger partial charge in [0.05, 0.1) is 0 Å². The van der Waals surface area contributed by atoms with Crippen LogP contribution in [0.15, 0.2) is 29.3 Å². The molecule has 110 valence electrons. The number of thioether (sulfide) groups is 1. The highest BCUT2D eigenvalue weighted by Gasteiger charge is 2.29. The van der Waals surface area contributed by atoms with Crippen molar-refractivity contribution in [1.82, 2.24) is 5.32 Å². The van der Waals surface area contributed by atoms with Crippen molar-refractivity contribution in [3.05, 3.63) is 35.4 Å². The van der Waals surface area contributed by atoms with Crippen molar-refractivity contribution in [3.8, 4) is 0 Å². The smallest absolute Gasteiger partial charge is 0.156 e. The molecule has 0 aromatic heterocycles. The normalized spacial score (nSPS) is 17.6. The summed E-state index contributed by atoms with van der Waals surface area (Å²) in [6.45, 7) is 8.72. The molecule has 1 aromatic carbocycles. The lowest BCUT2D eigenvalue weighted by atomic mass is 9.84. The van der Waals surface area contributed by atoms with Gasteiger partial charge >= 0.3 is 0 Å². The first kappa shape index (κ1) is 15.4. The molecular weight excluding hydrogens is 264 g/mol. The number of hydrogen-bond donors (Lipinski definition) is 1. The molecular formula is C17H26N2S. The summed E-state index contributed by atoms with van der Waals surface area (Å²) in [5.41, 5.74) is 3.24. The fourth-order valence-electron chi connectivity index (χ4n) is 2.53. The molecule has 3 heteroatoms. The van der Waals surface area contributed by atoms with Crippen molar-refractivity contribution >= 4 is 16.9 Å². The monoisotopic (exact) mass is 290 g/mol. The lowest BCUT2D eigenvalue weighted by Crippen LogP contribution is -2.35. The average molecular weight is 290 g/mol. The quantitative estimate of drug-likeness (QED) is 0.885. The third-order valence-corrected chi connectivity index (χ3v) is 5.81. The summed E-state index contributed by atoms with van der Waals surface area (Å²) in [7, 11) is 0. The molecule has 0 bridgehead atoms. The molecule has 20 heavy (non-hydrogen) atoms. The van der Waals surface area contributed by atoms with Crippen LogP contribution in [0.4, 0.5) is 0 Å². The minimum Gasteiger partial charge on any atom is -0.365 e. The van der Waals surface area contributed by atoms with Gasteiger partial charge in [-0.3, -0.25) is 4.99 Å². The Morgan fingerprint density at radius 2 is 2.00 bits per heavy atom. The van der Waals surface area contributed by atoms with Crippen LogP contribution in [0, 0.1) is 12.3 Å². The first-order chi connectivity index (χ1) is 9.69. The molecule has 0 saturated heterocycles. The van der Waals surface area contributed by atoms with Crippen LogP contribution in [0.25, 0.3) is 0 Å². The second-order valence-corrected chi connectivity index (χ2v) is 6.68. The summed E-state index contributed by atoms with van der Waals surface area (Å²) in [6, 6.07) is 8.61. The first-order valence-electron chi connectivity index (χ1n) is 7.65. The molecule has 2 nitrogen and oxygen atoms in total. The van der Waals surface area contributed by atoms with E-state index >= 15 is 0 Å². The summed E-state index contributed by atoms with van der Waals surface area (Å²) in [4.78, 5) is 4.75. The first-order valence-corrected chi connectivity index (χ1v) is 8.63. The van der Waals surface area contributed by atoms with Crippen LogP contribution in [0.5, 0.6) is 0 Å². The lowest BCUT2D eigenvalue weighted by Gasteiger charge is -2.33. The van der Waals surface area contributed by atoms with Crippen LogP contribution < -0.4 is 5.32 Å². The lowest BCUT2D eigenvalue weighted by molar-refractivity contribution is 0.318. The molecule has 1 heterocycles. The molecule has 0 saturated carbocycles. The van der Waals surface area contributed by atoms with Gasteiger partial charge in [0.25, 0.3) is 0 Å². The van der Waals surface area contributed by atoms with Crippen molar-refractivity contribution in [1.29, 1.82) is 0 Å². The Labute approximate surface area is 127 Å². The summed E-state index contributed by atoms with van der Waals surface area (Å²) >= 11 is 1.90. The number of rotatable bonds is 5. The van der Waals surface area contributed by atoms with Crippen molar-refractivity contribution in [3.63, 3.8) is 0 Å². The molecule has 1 aromatic rings. The zero-order valence-electron chi connectivity index (χ0n) is 12.9. The summed E-state index contributed by atoms with van der Waals surface area (Å²) in [5, 5.41) is 4.63. The van der Waals surface area contributed by atoms with Crippen LogP contribution >= 0.6 is 11.8 Å². The number of nitrogens with one attached hydrogen (secondary N) is 1. The maximum absolute atomic E-state index is 4.75. The third kappa shape index (κ3) is 3.78. The average Bonchev–Trinajstić information content (AvgIpc) is 2.50. The van der Waals surface area contributed by atoms with Gasteiger partial charge in [0, 0.05) is 18.8 Å². The molecule has 0 fully saturated rings. The van der Waals surface area contributed by atoms with E-state index in [1.807, 2.05) is 11.8 Å². The van der Waals surface area contributed by atoms with Crippen molar-refractivity contribution in [2.24, 2.45) is 10.4 Å². The van der Waals surface area contributed by atoms with E-state index < -0.39 is 0 Å².